The second-order valence-corrected chi connectivity index (χ2v) is 5.68. The second kappa shape index (κ2) is 4.01. The fourth-order valence-electron chi connectivity index (χ4n) is 4.18. The number of allylic oxidation sites excluding steroid dienone is 1. The SMILES string of the molecule is CCCC1CC(CC)C12C=Cc1ccccc12. The Morgan fingerprint density at radius 2 is 2.00 bits per heavy atom. The van der Waals surface area contributed by atoms with Gasteiger partial charge in [-0.1, -0.05) is 63.1 Å². The summed E-state index contributed by atoms with van der Waals surface area (Å²) >= 11 is 0. The van der Waals surface area contributed by atoms with Crippen LogP contribution in [0.15, 0.2) is 30.3 Å². The predicted octanol–water partition coefficient (Wildman–Crippen LogP) is 4.80. The number of benzene rings is 1. The van der Waals surface area contributed by atoms with Gasteiger partial charge in [0.25, 0.3) is 0 Å². The first-order chi connectivity index (χ1) is 8.32. The van der Waals surface area contributed by atoms with Gasteiger partial charge in [0, 0.05) is 5.41 Å². The molecule has 1 saturated carbocycles. The maximum atomic E-state index is 2.52. The zero-order valence-electron chi connectivity index (χ0n) is 10.9. The van der Waals surface area contributed by atoms with Gasteiger partial charge in [0.2, 0.25) is 0 Å². The maximum Gasteiger partial charge on any atom is 0.0198 e. The fraction of sp³-hybridized carbons (Fsp3) is 0.529. The molecule has 1 aromatic carbocycles. The van der Waals surface area contributed by atoms with Gasteiger partial charge >= 0.3 is 0 Å². The minimum absolute atomic E-state index is 0.404. The third-order valence-electron chi connectivity index (χ3n) is 5.02. The van der Waals surface area contributed by atoms with Crippen LogP contribution >= 0.6 is 0 Å². The summed E-state index contributed by atoms with van der Waals surface area (Å²) in [6.45, 7) is 4.67. The molecule has 0 heteroatoms. The Morgan fingerprint density at radius 3 is 2.76 bits per heavy atom. The van der Waals surface area contributed by atoms with Crippen molar-refractivity contribution < 1.29 is 0 Å². The lowest BCUT2D eigenvalue weighted by atomic mass is 9.49. The van der Waals surface area contributed by atoms with Crippen molar-refractivity contribution in [2.75, 3.05) is 0 Å². The average molecular weight is 226 g/mol. The van der Waals surface area contributed by atoms with Crippen LogP contribution in [0.5, 0.6) is 0 Å². The van der Waals surface area contributed by atoms with E-state index >= 15 is 0 Å². The first-order valence-corrected chi connectivity index (χ1v) is 7.11. The normalized spacial score (nSPS) is 33.8. The molecule has 1 spiro atoms. The Kier molecular flexibility index (Phi) is 2.61. The molecule has 1 aromatic rings. The molecule has 3 unspecified atom stereocenters. The van der Waals surface area contributed by atoms with Gasteiger partial charge in [0.15, 0.2) is 0 Å². The quantitative estimate of drug-likeness (QED) is 0.694. The number of hydrogen-bond acceptors (Lipinski definition) is 0. The smallest absolute Gasteiger partial charge is 0.0198 e. The van der Waals surface area contributed by atoms with Crippen molar-refractivity contribution in [1.29, 1.82) is 0 Å². The first kappa shape index (κ1) is 11.1. The zero-order chi connectivity index (χ0) is 11.9. The van der Waals surface area contributed by atoms with E-state index in [1.165, 1.54) is 31.2 Å². The molecule has 2 aliphatic carbocycles. The molecule has 90 valence electrons. The summed E-state index contributed by atoms with van der Waals surface area (Å²) < 4.78 is 0. The number of hydrogen-bond donors (Lipinski definition) is 0. The Morgan fingerprint density at radius 1 is 1.18 bits per heavy atom. The van der Waals surface area contributed by atoms with Crippen LogP contribution in [0.25, 0.3) is 6.08 Å². The summed E-state index contributed by atoms with van der Waals surface area (Å²) in [4.78, 5) is 0. The van der Waals surface area contributed by atoms with Crippen molar-refractivity contribution >= 4 is 6.08 Å². The van der Waals surface area contributed by atoms with Crippen molar-refractivity contribution in [2.45, 2.75) is 44.9 Å². The van der Waals surface area contributed by atoms with Crippen LogP contribution in [0.3, 0.4) is 0 Å². The topological polar surface area (TPSA) is 0 Å². The van der Waals surface area contributed by atoms with Gasteiger partial charge in [-0.05, 0) is 35.8 Å². The molecule has 2 aliphatic rings. The van der Waals surface area contributed by atoms with E-state index in [1.54, 1.807) is 5.56 Å². The van der Waals surface area contributed by atoms with Crippen LogP contribution in [0.4, 0.5) is 0 Å². The van der Waals surface area contributed by atoms with Crippen LogP contribution in [-0.4, -0.2) is 0 Å². The van der Waals surface area contributed by atoms with E-state index in [0.717, 1.165) is 11.8 Å². The van der Waals surface area contributed by atoms with Gasteiger partial charge in [-0.25, -0.2) is 0 Å². The van der Waals surface area contributed by atoms with Gasteiger partial charge in [-0.15, -0.1) is 0 Å². The fourth-order valence-corrected chi connectivity index (χ4v) is 4.18. The molecule has 0 saturated heterocycles. The molecule has 0 aliphatic heterocycles. The Balaban J connectivity index is 2.02. The van der Waals surface area contributed by atoms with E-state index in [-0.39, 0.29) is 0 Å². The lowest BCUT2D eigenvalue weighted by Gasteiger charge is -2.54. The van der Waals surface area contributed by atoms with Crippen molar-refractivity contribution in [1.82, 2.24) is 0 Å². The van der Waals surface area contributed by atoms with E-state index in [9.17, 15) is 0 Å². The van der Waals surface area contributed by atoms with E-state index in [1.807, 2.05) is 0 Å². The highest BCUT2D eigenvalue weighted by Gasteiger charge is 2.54. The number of rotatable bonds is 3. The highest BCUT2D eigenvalue weighted by Crippen LogP contribution is 2.60. The molecular formula is C17H22. The van der Waals surface area contributed by atoms with E-state index < -0.39 is 0 Å². The monoisotopic (exact) mass is 226 g/mol. The molecule has 0 heterocycles. The lowest BCUT2D eigenvalue weighted by molar-refractivity contribution is 0.0593. The van der Waals surface area contributed by atoms with E-state index in [4.69, 9.17) is 0 Å². The molecule has 3 rings (SSSR count). The highest BCUT2D eigenvalue weighted by atomic mass is 14.6. The summed E-state index contributed by atoms with van der Waals surface area (Å²) in [6, 6.07) is 9.01. The molecule has 0 amide bonds. The molecule has 1 fully saturated rings. The van der Waals surface area contributed by atoms with Crippen LogP contribution < -0.4 is 0 Å². The number of fused-ring (bicyclic) bond motifs is 2. The average Bonchev–Trinajstić information content (AvgIpc) is 2.76. The molecule has 0 nitrogen and oxygen atoms in total. The van der Waals surface area contributed by atoms with Crippen LogP contribution in [-0.2, 0) is 5.41 Å². The van der Waals surface area contributed by atoms with Crippen molar-refractivity contribution in [3.63, 3.8) is 0 Å². The minimum Gasteiger partial charge on any atom is -0.0728 e. The molecule has 17 heavy (non-hydrogen) atoms. The van der Waals surface area contributed by atoms with Gasteiger partial charge < -0.3 is 0 Å². The third-order valence-corrected chi connectivity index (χ3v) is 5.02. The van der Waals surface area contributed by atoms with Crippen molar-refractivity contribution in [3.8, 4) is 0 Å². The summed E-state index contributed by atoms with van der Waals surface area (Å²) in [5.41, 5.74) is 3.48. The molecule has 3 atom stereocenters. The molecule has 0 bridgehead atoms. The largest absolute Gasteiger partial charge is 0.0728 e. The van der Waals surface area contributed by atoms with Crippen molar-refractivity contribution in [3.05, 3.63) is 41.5 Å². The van der Waals surface area contributed by atoms with Crippen molar-refractivity contribution in [2.24, 2.45) is 11.8 Å². The van der Waals surface area contributed by atoms with Crippen LogP contribution in [0, 0.1) is 11.8 Å². The summed E-state index contributed by atoms with van der Waals surface area (Å²) in [6.07, 6.45) is 10.3. The predicted molar refractivity (Wildman–Crippen MR) is 74.0 cm³/mol. The first-order valence-electron chi connectivity index (χ1n) is 7.11. The second-order valence-electron chi connectivity index (χ2n) is 5.68. The van der Waals surface area contributed by atoms with E-state index in [2.05, 4.69) is 50.3 Å². The molecular weight excluding hydrogens is 204 g/mol. The van der Waals surface area contributed by atoms with Gasteiger partial charge in [-0.3, -0.25) is 0 Å². The maximum absolute atomic E-state index is 2.52. The third kappa shape index (κ3) is 1.36. The Labute approximate surface area is 105 Å². The van der Waals surface area contributed by atoms with E-state index in [0.29, 0.717) is 5.41 Å². The zero-order valence-corrected chi connectivity index (χ0v) is 10.9. The standard InChI is InChI=1S/C17H22/c1-3-7-15-12-14(4-2)17(15)11-10-13-8-5-6-9-16(13)17/h5-6,8-11,14-15H,3-4,7,12H2,1-2H3. The minimum atomic E-state index is 0.404. The van der Waals surface area contributed by atoms with Crippen LogP contribution in [0.1, 0.15) is 50.7 Å². The van der Waals surface area contributed by atoms with Gasteiger partial charge in [0.1, 0.15) is 0 Å². The highest BCUT2D eigenvalue weighted by molar-refractivity contribution is 5.67. The molecule has 0 aromatic heterocycles. The Hall–Kier alpha value is -1.04. The van der Waals surface area contributed by atoms with Gasteiger partial charge in [0.05, 0.1) is 0 Å². The summed E-state index contributed by atoms with van der Waals surface area (Å²) in [5, 5.41) is 0. The lowest BCUT2D eigenvalue weighted by Crippen LogP contribution is -2.50. The molecule has 0 N–H and O–H groups in total. The molecule has 0 radical (unpaired) electrons. The summed E-state index contributed by atoms with van der Waals surface area (Å²) in [5.74, 6) is 1.76. The van der Waals surface area contributed by atoms with Gasteiger partial charge in [-0.2, -0.15) is 0 Å². The van der Waals surface area contributed by atoms with Crippen LogP contribution in [0.2, 0.25) is 0 Å². The summed E-state index contributed by atoms with van der Waals surface area (Å²) in [7, 11) is 0. The Bertz CT molecular complexity index is 443.